The molecule has 3 N–H and O–H groups in total. The van der Waals surface area contributed by atoms with Gasteiger partial charge in [-0.15, -0.1) is 4.35 Å². The highest BCUT2D eigenvalue weighted by molar-refractivity contribution is 6.33. The average molecular weight is 104 g/mol. The lowest BCUT2D eigenvalue weighted by Gasteiger charge is -1.49. The fourth-order valence-corrected chi connectivity index (χ4v) is 0. The fraction of sp³-hybridized carbons (Fsp3) is 0. The SMILES string of the molecule is ClNCl.O. The van der Waals surface area contributed by atoms with Gasteiger partial charge in [0.05, 0.1) is 0 Å². The van der Waals surface area contributed by atoms with Crippen LogP contribution in [0, 0.1) is 0 Å². The van der Waals surface area contributed by atoms with Crippen molar-refractivity contribution in [3.63, 3.8) is 0 Å². The van der Waals surface area contributed by atoms with Crippen LogP contribution in [0.3, 0.4) is 0 Å². The van der Waals surface area contributed by atoms with Crippen molar-refractivity contribution in [1.82, 2.24) is 4.35 Å². The molecule has 0 heterocycles. The molecule has 4 heavy (non-hydrogen) atoms. The van der Waals surface area contributed by atoms with E-state index in [2.05, 4.69) is 23.6 Å². The van der Waals surface area contributed by atoms with Gasteiger partial charge in [0.25, 0.3) is 0 Å². The monoisotopic (exact) mass is 103 g/mol. The maximum Gasteiger partial charge on any atom is -0.00838 e. The maximum absolute atomic E-state index is 4.51. The van der Waals surface area contributed by atoms with E-state index in [1.54, 1.807) is 4.35 Å². The van der Waals surface area contributed by atoms with Crippen molar-refractivity contribution in [2.24, 2.45) is 0 Å². The lowest BCUT2D eigenvalue weighted by Crippen LogP contribution is -1.59. The molecule has 0 aromatic rings. The van der Waals surface area contributed by atoms with Crippen LogP contribution in [0.5, 0.6) is 0 Å². The van der Waals surface area contributed by atoms with Crippen molar-refractivity contribution >= 4 is 23.6 Å². The first-order chi connectivity index (χ1) is 1.41. The topological polar surface area (TPSA) is 43.5 Å². The van der Waals surface area contributed by atoms with E-state index in [9.17, 15) is 0 Å². The Balaban J connectivity index is 0. The van der Waals surface area contributed by atoms with E-state index in [1.165, 1.54) is 0 Å². The zero-order chi connectivity index (χ0) is 2.71. The summed E-state index contributed by atoms with van der Waals surface area (Å²) in [6.45, 7) is 0. The van der Waals surface area contributed by atoms with Crippen molar-refractivity contribution in [3.05, 3.63) is 0 Å². The highest BCUT2D eigenvalue weighted by Gasteiger charge is 1.34. The molecule has 28 valence electrons. The first-order valence-corrected chi connectivity index (χ1v) is 1.13. The number of halogens is 2. The van der Waals surface area contributed by atoms with Gasteiger partial charge < -0.3 is 5.48 Å². The molecule has 0 aliphatic carbocycles. The van der Waals surface area contributed by atoms with Gasteiger partial charge in [-0.3, -0.25) is 0 Å². The summed E-state index contributed by atoms with van der Waals surface area (Å²) >= 11 is 9.03. The van der Waals surface area contributed by atoms with Gasteiger partial charge in [-0.05, 0) is 23.6 Å². The Morgan fingerprint density at radius 3 is 1.25 bits per heavy atom. The second-order valence-electron chi connectivity index (χ2n) is 0.0714. The van der Waals surface area contributed by atoms with E-state index in [0.717, 1.165) is 0 Å². The van der Waals surface area contributed by atoms with Crippen LogP contribution in [0.2, 0.25) is 0 Å². The van der Waals surface area contributed by atoms with Crippen LogP contribution in [0.1, 0.15) is 0 Å². The van der Waals surface area contributed by atoms with E-state index in [-0.39, 0.29) is 5.48 Å². The smallest absolute Gasteiger partial charge is 0.00838 e. The molecular formula is H3Cl2NO. The Morgan fingerprint density at radius 2 is 1.25 bits per heavy atom. The molecule has 0 rings (SSSR count). The zero-order valence-electron chi connectivity index (χ0n) is 1.76. The number of hydrogen-bond acceptors (Lipinski definition) is 1. The summed E-state index contributed by atoms with van der Waals surface area (Å²) in [4.78, 5) is 0. The van der Waals surface area contributed by atoms with Gasteiger partial charge in [-0.1, -0.05) is 0 Å². The lowest BCUT2D eigenvalue weighted by atomic mass is 13.9. The standard InChI is InChI=1S/Cl2HN.H2O/c1-3-2;/h3H;1H2. The second-order valence-corrected chi connectivity index (χ2v) is 0.643. The van der Waals surface area contributed by atoms with Gasteiger partial charge in [-0.25, -0.2) is 0 Å². The molecule has 0 unspecified atom stereocenters. The van der Waals surface area contributed by atoms with Crippen molar-refractivity contribution in [2.75, 3.05) is 0 Å². The Labute approximate surface area is 34.2 Å². The molecule has 2 nitrogen and oxygen atoms in total. The molecule has 0 aromatic heterocycles. The number of hydrogen-bond donors (Lipinski definition) is 1. The Morgan fingerprint density at radius 1 is 1.25 bits per heavy atom. The largest absolute Gasteiger partial charge is 0.412 e. The van der Waals surface area contributed by atoms with Crippen molar-refractivity contribution in [1.29, 1.82) is 0 Å². The molecular weight excluding hydrogens is 101 g/mol. The van der Waals surface area contributed by atoms with Crippen molar-refractivity contribution < 1.29 is 5.48 Å². The van der Waals surface area contributed by atoms with Gasteiger partial charge >= 0.3 is 0 Å². The van der Waals surface area contributed by atoms with Crippen LogP contribution < -0.4 is 4.35 Å². The third-order valence-electron chi connectivity index (χ3n) is 0. The van der Waals surface area contributed by atoms with Crippen molar-refractivity contribution in [3.8, 4) is 0 Å². The van der Waals surface area contributed by atoms with E-state index < -0.39 is 0 Å². The van der Waals surface area contributed by atoms with Crippen LogP contribution in [0.15, 0.2) is 0 Å². The van der Waals surface area contributed by atoms with E-state index in [0.29, 0.717) is 0 Å². The second kappa shape index (κ2) is 9.72. The van der Waals surface area contributed by atoms with Gasteiger partial charge in [0.2, 0.25) is 0 Å². The Kier molecular flexibility index (Phi) is 21.4. The molecule has 0 saturated heterocycles. The van der Waals surface area contributed by atoms with Crippen LogP contribution in [-0.4, -0.2) is 5.48 Å². The third-order valence-corrected chi connectivity index (χ3v) is 0. The zero-order valence-corrected chi connectivity index (χ0v) is 3.27. The van der Waals surface area contributed by atoms with Gasteiger partial charge in [0, 0.05) is 0 Å². The van der Waals surface area contributed by atoms with Crippen LogP contribution >= 0.6 is 23.6 Å². The first kappa shape index (κ1) is 8.82. The lowest BCUT2D eigenvalue weighted by molar-refractivity contribution is 0.824. The molecule has 0 aromatic carbocycles. The van der Waals surface area contributed by atoms with Gasteiger partial charge in [0.15, 0.2) is 0 Å². The van der Waals surface area contributed by atoms with E-state index >= 15 is 0 Å². The van der Waals surface area contributed by atoms with E-state index in [1.807, 2.05) is 0 Å². The molecule has 0 spiro atoms. The quantitative estimate of drug-likeness (QED) is 0.434. The fourth-order valence-electron chi connectivity index (χ4n) is 0. The molecule has 0 bridgehead atoms. The predicted octanol–water partition coefficient (Wildman–Crippen LogP) is 0.0589. The summed E-state index contributed by atoms with van der Waals surface area (Å²) in [6, 6.07) is 0. The minimum atomic E-state index is 0. The predicted molar refractivity (Wildman–Crippen MR) is 18.5 cm³/mol. The van der Waals surface area contributed by atoms with Crippen LogP contribution in [-0.2, 0) is 0 Å². The van der Waals surface area contributed by atoms with Crippen LogP contribution in [0.25, 0.3) is 0 Å². The summed E-state index contributed by atoms with van der Waals surface area (Å²) in [5.41, 5.74) is 0. The molecule has 0 aliphatic rings. The third kappa shape index (κ3) is 22.5. The Hall–Kier alpha value is 0.500. The minimum absolute atomic E-state index is 0. The van der Waals surface area contributed by atoms with Gasteiger partial charge in [-0.2, -0.15) is 0 Å². The maximum atomic E-state index is 4.51. The normalized spacial score (nSPS) is 4.50. The summed E-state index contributed by atoms with van der Waals surface area (Å²) in [7, 11) is 0. The Bertz CT molecular complexity index is 6.00. The summed E-state index contributed by atoms with van der Waals surface area (Å²) in [6.07, 6.45) is 0. The highest BCUT2D eigenvalue weighted by Crippen LogP contribution is 1.57. The van der Waals surface area contributed by atoms with Gasteiger partial charge in [0.1, 0.15) is 0 Å². The van der Waals surface area contributed by atoms with E-state index in [4.69, 9.17) is 0 Å². The molecule has 0 aliphatic heterocycles. The number of rotatable bonds is 0. The summed E-state index contributed by atoms with van der Waals surface area (Å²) in [5, 5.41) is 0. The summed E-state index contributed by atoms with van der Waals surface area (Å²) in [5.74, 6) is 0. The molecule has 0 saturated carbocycles. The molecule has 0 amide bonds. The number of nitrogens with one attached hydrogen (secondary N) is 1. The molecule has 0 atom stereocenters. The van der Waals surface area contributed by atoms with Crippen molar-refractivity contribution in [2.45, 2.75) is 0 Å². The van der Waals surface area contributed by atoms with Crippen LogP contribution in [0.4, 0.5) is 0 Å². The first-order valence-electron chi connectivity index (χ1n) is 0.378. The highest BCUT2D eigenvalue weighted by atomic mass is 35.5. The molecule has 0 radical (unpaired) electrons. The summed E-state index contributed by atoms with van der Waals surface area (Å²) < 4.78 is 1.69. The average Bonchev–Trinajstić information content (AvgIpc) is 0.918. The minimum Gasteiger partial charge on any atom is -0.412 e. The molecule has 4 heteroatoms. The molecule has 0 fully saturated rings.